The molecule has 12 heavy (non-hydrogen) atoms. The number of hydrogen-bond donors (Lipinski definition) is 0. The molecular formula is C5H7N3O4. The first kappa shape index (κ1) is 8.44. The minimum absolute atomic E-state index is 0.0648. The van der Waals surface area contributed by atoms with Crippen LogP contribution >= 0.6 is 0 Å². The van der Waals surface area contributed by atoms with Crippen molar-refractivity contribution in [2.24, 2.45) is 0 Å². The highest BCUT2D eigenvalue weighted by Gasteiger charge is 2.32. The maximum atomic E-state index is 10.6. The summed E-state index contributed by atoms with van der Waals surface area (Å²) in [7, 11) is 0. The Morgan fingerprint density at radius 2 is 2.25 bits per heavy atom. The average Bonchev–Trinajstić information content (AvgIpc) is 2.30. The molecule has 7 nitrogen and oxygen atoms in total. The van der Waals surface area contributed by atoms with Crippen LogP contribution < -0.4 is 4.90 Å². The molecule has 0 fully saturated rings. The van der Waals surface area contributed by atoms with Gasteiger partial charge in [-0.1, -0.05) is 13.8 Å². The fraction of sp³-hybridized carbons (Fsp3) is 0.600. The van der Waals surface area contributed by atoms with Crippen molar-refractivity contribution in [3.05, 3.63) is 21.0 Å². The number of nitro groups is 1. The highest BCUT2D eigenvalue weighted by molar-refractivity contribution is 5.20. The predicted molar refractivity (Wildman–Crippen MR) is 36.2 cm³/mol. The average molecular weight is 173 g/mol. The van der Waals surface area contributed by atoms with Gasteiger partial charge >= 0.3 is 11.5 Å². The van der Waals surface area contributed by atoms with Crippen molar-refractivity contribution in [2.75, 3.05) is 0 Å². The van der Waals surface area contributed by atoms with Crippen molar-refractivity contribution < 1.29 is 14.5 Å². The van der Waals surface area contributed by atoms with E-state index >= 15 is 0 Å². The van der Waals surface area contributed by atoms with Crippen molar-refractivity contribution in [3.63, 3.8) is 0 Å². The summed E-state index contributed by atoms with van der Waals surface area (Å²) in [6.07, 6.45) is 0. The van der Waals surface area contributed by atoms with Crippen molar-refractivity contribution in [1.82, 2.24) is 5.16 Å². The summed E-state index contributed by atoms with van der Waals surface area (Å²) in [5.41, 5.74) is 0.0648. The van der Waals surface area contributed by atoms with Crippen LogP contribution in [0.25, 0.3) is 0 Å². The number of rotatable bonds is 2. The molecule has 0 unspecified atom stereocenters. The summed E-state index contributed by atoms with van der Waals surface area (Å²) in [5, 5.41) is 24.2. The summed E-state index contributed by atoms with van der Waals surface area (Å²) in [5.74, 6) is -0.839. The van der Waals surface area contributed by atoms with E-state index in [-0.39, 0.29) is 16.5 Å². The maximum Gasteiger partial charge on any atom is 0.490 e. The standard InChI is InChI=1S/C5H7N3O4/c1-3(2)4-5(7(9)10)8(11)12-6-4/h3H,1-2H3. The van der Waals surface area contributed by atoms with Gasteiger partial charge in [-0.25, -0.2) is 0 Å². The fourth-order valence-electron chi connectivity index (χ4n) is 0.778. The van der Waals surface area contributed by atoms with Gasteiger partial charge in [-0.3, -0.25) is 0 Å². The molecule has 0 atom stereocenters. The predicted octanol–water partition coefficient (Wildman–Crippen LogP) is 0.340. The van der Waals surface area contributed by atoms with Gasteiger partial charge in [0.25, 0.3) is 0 Å². The molecule has 0 aliphatic heterocycles. The van der Waals surface area contributed by atoms with E-state index < -0.39 is 10.7 Å². The molecule has 1 rings (SSSR count). The largest absolute Gasteiger partial charge is 0.490 e. The SMILES string of the molecule is CC(C)c1no[n+]([O-])c1[N+](=O)[O-]. The lowest BCUT2D eigenvalue weighted by molar-refractivity contribution is -0.825. The van der Waals surface area contributed by atoms with E-state index in [4.69, 9.17) is 0 Å². The Morgan fingerprint density at radius 3 is 2.58 bits per heavy atom. The van der Waals surface area contributed by atoms with Crippen LogP contribution in [0.15, 0.2) is 4.63 Å². The van der Waals surface area contributed by atoms with E-state index in [1.165, 1.54) is 0 Å². The van der Waals surface area contributed by atoms with Crippen LogP contribution in [0.4, 0.5) is 5.82 Å². The number of nitrogens with zero attached hydrogens (tertiary/aromatic N) is 3. The van der Waals surface area contributed by atoms with Crippen LogP contribution in [0.3, 0.4) is 0 Å². The van der Waals surface area contributed by atoms with Crippen molar-refractivity contribution >= 4 is 5.82 Å². The van der Waals surface area contributed by atoms with Crippen LogP contribution in [0, 0.1) is 15.3 Å². The first-order chi connectivity index (χ1) is 5.54. The molecule has 7 heteroatoms. The topological polar surface area (TPSA) is 96.1 Å². The van der Waals surface area contributed by atoms with Gasteiger partial charge in [0.05, 0.1) is 4.90 Å². The van der Waals surface area contributed by atoms with Gasteiger partial charge in [0, 0.05) is 10.8 Å². The molecule has 0 amide bonds. The van der Waals surface area contributed by atoms with E-state index in [2.05, 4.69) is 9.79 Å². The summed E-state index contributed by atoms with van der Waals surface area (Å²) in [6, 6.07) is 0. The molecule has 0 bridgehead atoms. The third-order valence-electron chi connectivity index (χ3n) is 1.34. The normalized spacial score (nSPS) is 10.6. The lowest BCUT2D eigenvalue weighted by Crippen LogP contribution is -2.26. The molecule has 0 radical (unpaired) electrons. The molecule has 0 saturated heterocycles. The van der Waals surface area contributed by atoms with Gasteiger partial charge in [0.2, 0.25) is 0 Å². The zero-order valence-corrected chi connectivity index (χ0v) is 6.55. The quantitative estimate of drug-likeness (QED) is 0.365. The molecular weight excluding hydrogens is 166 g/mol. The van der Waals surface area contributed by atoms with E-state index in [0.29, 0.717) is 0 Å². The van der Waals surface area contributed by atoms with Crippen molar-refractivity contribution in [1.29, 1.82) is 0 Å². The third kappa shape index (κ3) is 1.20. The molecule has 1 aromatic rings. The molecule has 1 aromatic heterocycles. The first-order valence-corrected chi connectivity index (χ1v) is 3.28. The number of aromatic nitrogens is 2. The van der Waals surface area contributed by atoms with Gasteiger partial charge in [0.15, 0.2) is 0 Å². The van der Waals surface area contributed by atoms with E-state index in [1.807, 2.05) is 0 Å². The van der Waals surface area contributed by atoms with Gasteiger partial charge in [-0.2, -0.15) is 4.63 Å². The van der Waals surface area contributed by atoms with Gasteiger partial charge in [0.1, 0.15) is 5.16 Å². The smallest absolute Gasteiger partial charge is 0.323 e. The third-order valence-corrected chi connectivity index (χ3v) is 1.34. The molecule has 66 valence electrons. The van der Waals surface area contributed by atoms with Crippen LogP contribution in [0.5, 0.6) is 0 Å². The Balaban J connectivity index is 3.21. The fourth-order valence-corrected chi connectivity index (χ4v) is 0.778. The zero-order chi connectivity index (χ0) is 9.30. The minimum atomic E-state index is -0.807. The summed E-state index contributed by atoms with van der Waals surface area (Å²) in [6.45, 7) is 3.37. The Kier molecular flexibility index (Phi) is 1.94. The molecule has 0 N–H and O–H groups in total. The Bertz CT molecular complexity index is 306. The van der Waals surface area contributed by atoms with Gasteiger partial charge < -0.3 is 15.3 Å². The van der Waals surface area contributed by atoms with E-state index in [1.54, 1.807) is 13.8 Å². The molecule has 0 aliphatic carbocycles. The molecule has 1 heterocycles. The molecule has 0 aliphatic rings. The highest BCUT2D eigenvalue weighted by atomic mass is 16.8. The van der Waals surface area contributed by atoms with Crippen molar-refractivity contribution in [3.8, 4) is 0 Å². The zero-order valence-electron chi connectivity index (χ0n) is 6.55. The minimum Gasteiger partial charge on any atom is -0.323 e. The van der Waals surface area contributed by atoms with Crippen LogP contribution in [-0.4, -0.2) is 10.1 Å². The second kappa shape index (κ2) is 2.76. The molecule has 0 aromatic carbocycles. The highest BCUT2D eigenvalue weighted by Crippen LogP contribution is 2.19. The molecule has 0 saturated carbocycles. The number of hydrogen-bond acceptors (Lipinski definition) is 5. The summed E-state index contributed by atoms with van der Waals surface area (Å²) < 4.78 is 4.09. The first-order valence-electron chi connectivity index (χ1n) is 3.28. The van der Waals surface area contributed by atoms with Crippen LogP contribution in [-0.2, 0) is 0 Å². The van der Waals surface area contributed by atoms with Crippen molar-refractivity contribution in [2.45, 2.75) is 19.8 Å². The van der Waals surface area contributed by atoms with Gasteiger partial charge in [-0.15, -0.1) is 0 Å². The Morgan fingerprint density at radius 1 is 1.67 bits per heavy atom. The van der Waals surface area contributed by atoms with E-state index in [0.717, 1.165) is 0 Å². The van der Waals surface area contributed by atoms with Crippen LogP contribution in [0.2, 0.25) is 0 Å². The van der Waals surface area contributed by atoms with E-state index in [9.17, 15) is 15.3 Å². The maximum absolute atomic E-state index is 10.6. The Labute approximate surface area is 67.3 Å². The van der Waals surface area contributed by atoms with Gasteiger partial charge in [-0.05, 0) is 0 Å². The van der Waals surface area contributed by atoms with Crippen LogP contribution in [0.1, 0.15) is 25.5 Å². The Hall–Kier alpha value is -1.66. The lowest BCUT2D eigenvalue weighted by atomic mass is 10.1. The molecule has 0 spiro atoms. The lowest BCUT2D eigenvalue weighted by Gasteiger charge is -1.91. The summed E-state index contributed by atoms with van der Waals surface area (Å²) >= 11 is 0. The second-order valence-electron chi connectivity index (χ2n) is 2.55. The second-order valence-corrected chi connectivity index (χ2v) is 2.55. The monoisotopic (exact) mass is 173 g/mol. The summed E-state index contributed by atoms with van der Waals surface area (Å²) in [4.78, 5) is 9.29.